The number of halogens is 1. The highest BCUT2D eigenvalue weighted by atomic mass is 35.5. The van der Waals surface area contributed by atoms with Gasteiger partial charge in [-0.1, -0.05) is 11.6 Å². The number of hydrogen-bond donors (Lipinski definition) is 0. The maximum absolute atomic E-state index is 11.9. The van der Waals surface area contributed by atoms with Crippen LogP contribution < -0.4 is 0 Å². The summed E-state index contributed by atoms with van der Waals surface area (Å²) in [5.41, 5.74) is 1.49. The number of hydrogen-bond acceptors (Lipinski definition) is 3. The third-order valence-corrected chi connectivity index (χ3v) is 3.28. The smallest absolute Gasteiger partial charge is 0.242 e. The Labute approximate surface area is 103 Å². The molecule has 1 saturated heterocycles. The summed E-state index contributed by atoms with van der Waals surface area (Å²) in [4.78, 5) is 21.8. The average molecular weight is 251 g/mol. The molecule has 0 aromatic carbocycles. The van der Waals surface area contributed by atoms with Crippen molar-refractivity contribution < 1.29 is 4.79 Å². The fraction of sp³-hybridized carbons (Fsp3) is 0.364. The molecule has 1 aliphatic rings. The number of carbonyl (C=O) groups is 1. The van der Waals surface area contributed by atoms with Crippen LogP contribution in [0.5, 0.6) is 0 Å². The van der Waals surface area contributed by atoms with Crippen molar-refractivity contribution in [1.82, 2.24) is 19.4 Å². The molecular formula is C11H11ClN4O. The summed E-state index contributed by atoms with van der Waals surface area (Å²) in [6.45, 7) is 2.05. The van der Waals surface area contributed by atoms with Crippen molar-refractivity contribution in [2.75, 3.05) is 13.1 Å². The molecule has 5 nitrogen and oxygen atoms in total. The van der Waals surface area contributed by atoms with E-state index in [1.165, 1.54) is 0 Å². The number of pyridine rings is 1. The van der Waals surface area contributed by atoms with Crippen LogP contribution in [-0.4, -0.2) is 38.4 Å². The lowest BCUT2D eigenvalue weighted by molar-refractivity contribution is -0.135. The van der Waals surface area contributed by atoms with Crippen LogP contribution in [0.4, 0.5) is 0 Å². The predicted octanol–water partition coefficient (Wildman–Crippen LogP) is 1.32. The van der Waals surface area contributed by atoms with E-state index in [-0.39, 0.29) is 5.91 Å². The summed E-state index contributed by atoms with van der Waals surface area (Å²) in [6.07, 6.45) is 4.36. The molecule has 0 unspecified atom stereocenters. The van der Waals surface area contributed by atoms with Gasteiger partial charge in [0.25, 0.3) is 0 Å². The number of aromatic nitrogens is 3. The molecule has 88 valence electrons. The number of nitrogens with zero attached hydrogens (tertiary/aromatic N) is 4. The Bertz CT molecular complexity index is 576. The lowest BCUT2D eigenvalue weighted by Crippen LogP contribution is -2.43. The Morgan fingerprint density at radius 3 is 2.94 bits per heavy atom. The molecule has 0 bridgehead atoms. The molecule has 1 fully saturated rings. The number of fused-ring (bicyclic) bond motifs is 1. The van der Waals surface area contributed by atoms with Crippen LogP contribution in [0.1, 0.15) is 6.42 Å². The molecule has 6 heteroatoms. The van der Waals surface area contributed by atoms with Crippen LogP contribution in [0.15, 0.2) is 18.6 Å². The highest BCUT2D eigenvalue weighted by Gasteiger charge is 2.20. The van der Waals surface area contributed by atoms with Crippen LogP contribution in [0.2, 0.25) is 5.15 Å². The molecule has 3 rings (SSSR count). The minimum absolute atomic E-state index is 0.128. The first kappa shape index (κ1) is 10.5. The van der Waals surface area contributed by atoms with E-state index >= 15 is 0 Å². The summed E-state index contributed by atoms with van der Waals surface area (Å²) in [7, 11) is 0. The first-order valence-electron chi connectivity index (χ1n) is 5.49. The van der Waals surface area contributed by atoms with Crippen molar-refractivity contribution in [3.8, 4) is 0 Å². The first-order valence-corrected chi connectivity index (χ1v) is 5.86. The Kier molecular flexibility index (Phi) is 2.48. The Morgan fingerprint density at radius 2 is 2.24 bits per heavy atom. The Morgan fingerprint density at radius 1 is 1.41 bits per heavy atom. The van der Waals surface area contributed by atoms with Gasteiger partial charge in [0, 0.05) is 19.3 Å². The lowest BCUT2D eigenvalue weighted by atomic mass is 10.2. The second-order valence-electron chi connectivity index (χ2n) is 4.08. The molecule has 2 aromatic heterocycles. The van der Waals surface area contributed by atoms with Gasteiger partial charge in [0.2, 0.25) is 5.91 Å². The van der Waals surface area contributed by atoms with E-state index in [2.05, 4.69) is 9.97 Å². The fourth-order valence-corrected chi connectivity index (χ4v) is 2.10. The molecule has 0 saturated carbocycles. The van der Waals surface area contributed by atoms with Crippen molar-refractivity contribution in [3.63, 3.8) is 0 Å². The molecule has 0 N–H and O–H groups in total. The molecule has 1 amide bonds. The Balaban J connectivity index is 1.90. The van der Waals surface area contributed by atoms with Gasteiger partial charge in [-0.3, -0.25) is 4.79 Å². The standard InChI is InChI=1S/C11H11ClN4O/c12-11-10-8(2-3-13-11)16(7-14-10)6-9(17)15-4-1-5-15/h2-3,7H,1,4-6H2. The SMILES string of the molecule is O=C(Cn1cnc2c(Cl)nccc21)N1CCC1. The van der Waals surface area contributed by atoms with E-state index < -0.39 is 0 Å². The predicted molar refractivity (Wildman–Crippen MR) is 63.7 cm³/mol. The maximum Gasteiger partial charge on any atom is 0.242 e. The van der Waals surface area contributed by atoms with Crippen LogP contribution >= 0.6 is 11.6 Å². The second kappa shape index (κ2) is 4.00. The number of amides is 1. The summed E-state index contributed by atoms with van der Waals surface area (Å²) in [5.74, 6) is 0.128. The third kappa shape index (κ3) is 1.76. The van der Waals surface area contributed by atoms with Gasteiger partial charge in [-0.2, -0.15) is 0 Å². The topological polar surface area (TPSA) is 51.0 Å². The van der Waals surface area contributed by atoms with Crippen LogP contribution in [0.25, 0.3) is 11.0 Å². The van der Waals surface area contributed by atoms with Gasteiger partial charge in [0.05, 0.1) is 11.8 Å². The zero-order valence-electron chi connectivity index (χ0n) is 9.14. The summed E-state index contributed by atoms with van der Waals surface area (Å²) >= 11 is 5.93. The van der Waals surface area contributed by atoms with E-state index in [1.54, 1.807) is 12.5 Å². The lowest BCUT2D eigenvalue weighted by Gasteiger charge is -2.31. The van der Waals surface area contributed by atoms with Crippen molar-refractivity contribution >= 4 is 28.5 Å². The highest BCUT2D eigenvalue weighted by Crippen LogP contribution is 2.19. The highest BCUT2D eigenvalue weighted by molar-refractivity contribution is 6.33. The first-order chi connectivity index (χ1) is 8.25. The van der Waals surface area contributed by atoms with Gasteiger partial charge >= 0.3 is 0 Å². The van der Waals surface area contributed by atoms with Gasteiger partial charge in [-0.15, -0.1) is 0 Å². The molecule has 1 aliphatic heterocycles. The van der Waals surface area contributed by atoms with Gasteiger partial charge in [-0.25, -0.2) is 9.97 Å². The summed E-state index contributed by atoms with van der Waals surface area (Å²) < 4.78 is 1.81. The van der Waals surface area contributed by atoms with E-state index in [0.29, 0.717) is 17.2 Å². The van der Waals surface area contributed by atoms with Crippen molar-refractivity contribution in [1.29, 1.82) is 0 Å². The van der Waals surface area contributed by atoms with E-state index in [0.717, 1.165) is 25.0 Å². The normalized spacial score (nSPS) is 15.0. The van der Waals surface area contributed by atoms with Gasteiger partial charge in [-0.05, 0) is 12.5 Å². The van der Waals surface area contributed by atoms with Gasteiger partial charge in [0.15, 0.2) is 5.15 Å². The minimum Gasteiger partial charge on any atom is -0.341 e. The van der Waals surface area contributed by atoms with Crippen LogP contribution in [-0.2, 0) is 11.3 Å². The van der Waals surface area contributed by atoms with Crippen LogP contribution in [0.3, 0.4) is 0 Å². The largest absolute Gasteiger partial charge is 0.341 e. The quantitative estimate of drug-likeness (QED) is 0.756. The Hall–Kier alpha value is -1.62. The van der Waals surface area contributed by atoms with Crippen molar-refractivity contribution in [3.05, 3.63) is 23.7 Å². The zero-order valence-corrected chi connectivity index (χ0v) is 9.89. The minimum atomic E-state index is 0.128. The fourth-order valence-electron chi connectivity index (χ4n) is 1.90. The molecule has 0 radical (unpaired) electrons. The molecule has 0 spiro atoms. The second-order valence-corrected chi connectivity index (χ2v) is 4.43. The zero-order chi connectivity index (χ0) is 11.8. The van der Waals surface area contributed by atoms with E-state index in [1.807, 2.05) is 15.5 Å². The third-order valence-electron chi connectivity index (χ3n) is 3.01. The molecule has 2 aromatic rings. The average Bonchev–Trinajstić information content (AvgIpc) is 2.60. The molecule has 3 heterocycles. The van der Waals surface area contributed by atoms with Crippen LogP contribution in [0, 0.1) is 0 Å². The number of carbonyl (C=O) groups excluding carboxylic acids is 1. The molecule has 17 heavy (non-hydrogen) atoms. The van der Waals surface area contributed by atoms with Crippen molar-refractivity contribution in [2.24, 2.45) is 0 Å². The molecule has 0 atom stereocenters. The maximum atomic E-state index is 11.9. The monoisotopic (exact) mass is 250 g/mol. The summed E-state index contributed by atoms with van der Waals surface area (Å²) in [6, 6.07) is 1.82. The van der Waals surface area contributed by atoms with Gasteiger partial charge in [0.1, 0.15) is 12.1 Å². The van der Waals surface area contributed by atoms with E-state index in [9.17, 15) is 4.79 Å². The number of imidazole rings is 1. The molecule has 0 aliphatic carbocycles. The van der Waals surface area contributed by atoms with E-state index in [4.69, 9.17) is 11.6 Å². The van der Waals surface area contributed by atoms with Gasteiger partial charge < -0.3 is 9.47 Å². The molecular weight excluding hydrogens is 240 g/mol. The summed E-state index contributed by atoms with van der Waals surface area (Å²) in [5, 5.41) is 0.373. The number of rotatable bonds is 2. The number of likely N-dealkylation sites (tertiary alicyclic amines) is 1. The van der Waals surface area contributed by atoms with Crippen molar-refractivity contribution in [2.45, 2.75) is 13.0 Å².